The lowest BCUT2D eigenvalue weighted by molar-refractivity contribution is 0.102. The summed E-state index contributed by atoms with van der Waals surface area (Å²) in [7, 11) is 2.03. The fraction of sp³-hybridized carbons (Fsp3) is 0.294. The van der Waals surface area contributed by atoms with E-state index in [0.29, 0.717) is 11.3 Å². The van der Waals surface area contributed by atoms with E-state index in [2.05, 4.69) is 38.1 Å². The van der Waals surface area contributed by atoms with E-state index in [4.69, 9.17) is 0 Å². The van der Waals surface area contributed by atoms with Crippen LogP contribution in [0.1, 0.15) is 30.1 Å². The first-order valence-corrected chi connectivity index (χ1v) is 8.13. The van der Waals surface area contributed by atoms with Gasteiger partial charge in [-0.1, -0.05) is 35.3 Å². The largest absolute Gasteiger partial charge is 0.360 e. The molecule has 0 atom stereocenters. The van der Waals surface area contributed by atoms with Crippen molar-refractivity contribution in [3.63, 3.8) is 0 Å². The molecule has 0 fully saturated rings. The molecule has 1 amide bonds. The summed E-state index contributed by atoms with van der Waals surface area (Å²) in [4.78, 5) is 18.7. The third-order valence-corrected chi connectivity index (χ3v) is 3.82. The standard InChI is InChI=1S/C17H20BrN3O/c1-3-4-10-21(2)16-9-8-15(12-19-16)20-17(22)13-6-5-7-14(18)11-13/h5-9,11-12H,3-4,10H2,1-2H3,(H,20,22). The number of unbranched alkanes of at least 4 members (excludes halogenated alkanes) is 1. The highest BCUT2D eigenvalue weighted by Gasteiger charge is 2.07. The molecule has 0 radical (unpaired) electrons. The fourth-order valence-electron chi connectivity index (χ4n) is 2.03. The van der Waals surface area contributed by atoms with Crippen molar-refractivity contribution in [2.75, 3.05) is 23.8 Å². The molecule has 2 rings (SSSR count). The van der Waals surface area contributed by atoms with Crippen LogP contribution < -0.4 is 10.2 Å². The van der Waals surface area contributed by atoms with Gasteiger partial charge in [-0.05, 0) is 36.8 Å². The van der Waals surface area contributed by atoms with Crippen molar-refractivity contribution in [1.29, 1.82) is 0 Å². The molecular weight excluding hydrogens is 342 g/mol. The minimum absolute atomic E-state index is 0.143. The zero-order valence-corrected chi connectivity index (χ0v) is 14.4. The monoisotopic (exact) mass is 361 g/mol. The van der Waals surface area contributed by atoms with Crippen molar-refractivity contribution < 1.29 is 4.79 Å². The summed E-state index contributed by atoms with van der Waals surface area (Å²) in [6, 6.07) is 11.1. The number of nitrogens with one attached hydrogen (secondary N) is 1. The van der Waals surface area contributed by atoms with Gasteiger partial charge < -0.3 is 10.2 Å². The first kappa shape index (κ1) is 16.5. The van der Waals surface area contributed by atoms with Crippen LogP contribution in [0.2, 0.25) is 0 Å². The van der Waals surface area contributed by atoms with Crippen molar-refractivity contribution >= 4 is 33.3 Å². The highest BCUT2D eigenvalue weighted by atomic mass is 79.9. The van der Waals surface area contributed by atoms with Crippen molar-refractivity contribution in [2.24, 2.45) is 0 Å². The summed E-state index contributed by atoms with van der Waals surface area (Å²) in [5, 5.41) is 2.85. The Morgan fingerprint density at radius 2 is 2.14 bits per heavy atom. The number of pyridine rings is 1. The van der Waals surface area contributed by atoms with E-state index in [1.165, 1.54) is 0 Å². The Balaban J connectivity index is 2.00. The van der Waals surface area contributed by atoms with Crippen molar-refractivity contribution in [3.8, 4) is 0 Å². The number of hydrogen-bond acceptors (Lipinski definition) is 3. The van der Waals surface area contributed by atoms with Gasteiger partial charge in [-0.25, -0.2) is 4.98 Å². The molecule has 0 aliphatic heterocycles. The lowest BCUT2D eigenvalue weighted by Gasteiger charge is -2.17. The van der Waals surface area contributed by atoms with E-state index in [1.54, 1.807) is 18.3 Å². The van der Waals surface area contributed by atoms with Crippen molar-refractivity contribution in [2.45, 2.75) is 19.8 Å². The van der Waals surface area contributed by atoms with Crippen LogP contribution in [-0.2, 0) is 0 Å². The van der Waals surface area contributed by atoms with Gasteiger partial charge in [0.05, 0.1) is 11.9 Å². The third-order valence-electron chi connectivity index (χ3n) is 3.33. The third kappa shape index (κ3) is 4.56. The maximum Gasteiger partial charge on any atom is 0.255 e. The highest BCUT2D eigenvalue weighted by molar-refractivity contribution is 9.10. The van der Waals surface area contributed by atoms with Crippen LogP contribution in [0.25, 0.3) is 0 Å². The molecule has 0 aliphatic carbocycles. The second-order valence-corrected chi connectivity index (χ2v) is 6.06. The summed E-state index contributed by atoms with van der Waals surface area (Å²) in [5.74, 6) is 0.768. The Morgan fingerprint density at radius 1 is 1.32 bits per heavy atom. The first-order valence-electron chi connectivity index (χ1n) is 7.34. The molecule has 4 nitrogen and oxygen atoms in total. The van der Waals surface area contributed by atoms with Gasteiger partial charge in [0.25, 0.3) is 5.91 Å². The van der Waals surface area contributed by atoms with Gasteiger partial charge in [0.2, 0.25) is 0 Å². The quantitative estimate of drug-likeness (QED) is 0.832. The summed E-state index contributed by atoms with van der Waals surface area (Å²) in [6.45, 7) is 3.15. The molecule has 116 valence electrons. The number of rotatable bonds is 6. The number of carbonyl (C=O) groups is 1. The molecule has 5 heteroatoms. The molecule has 1 heterocycles. The van der Waals surface area contributed by atoms with Gasteiger partial charge in [-0.2, -0.15) is 0 Å². The Morgan fingerprint density at radius 3 is 2.77 bits per heavy atom. The summed E-state index contributed by atoms with van der Waals surface area (Å²) < 4.78 is 0.881. The number of aromatic nitrogens is 1. The van der Waals surface area contributed by atoms with Crippen molar-refractivity contribution in [1.82, 2.24) is 4.98 Å². The molecule has 0 unspecified atom stereocenters. The molecule has 0 saturated carbocycles. The molecule has 0 spiro atoms. The Kier molecular flexibility index (Phi) is 5.95. The average Bonchev–Trinajstić information content (AvgIpc) is 2.53. The number of nitrogens with zero attached hydrogens (tertiary/aromatic N) is 2. The van der Waals surface area contributed by atoms with Gasteiger partial charge in [-0.15, -0.1) is 0 Å². The molecule has 1 aromatic heterocycles. The van der Waals surface area contributed by atoms with E-state index >= 15 is 0 Å². The van der Waals surface area contributed by atoms with E-state index in [-0.39, 0.29) is 5.91 Å². The van der Waals surface area contributed by atoms with Crippen LogP contribution in [0.15, 0.2) is 47.1 Å². The first-order chi connectivity index (χ1) is 10.6. The van der Waals surface area contributed by atoms with E-state index in [1.807, 2.05) is 31.3 Å². The summed E-state index contributed by atoms with van der Waals surface area (Å²) in [6.07, 6.45) is 3.98. The maximum absolute atomic E-state index is 12.2. The molecule has 2 aromatic rings. The van der Waals surface area contributed by atoms with E-state index in [9.17, 15) is 4.79 Å². The Hall–Kier alpha value is -1.88. The van der Waals surface area contributed by atoms with E-state index < -0.39 is 0 Å². The number of hydrogen-bond donors (Lipinski definition) is 1. The van der Waals surface area contributed by atoms with Crippen molar-refractivity contribution in [3.05, 3.63) is 52.6 Å². The number of benzene rings is 1. The zero-order valence-electron chi connectivity index (χ0n) is 12.8. The smallest absolute Gasteiger partial charge is 0.255 e. The number of anilines is 2. The second-order valence-electron chi connectivity index (χ2n) is 5.14. The van der Waals surface area contributed by atoms with Gasteiger partial charge in [0.1, 0.15) is 5.82 Å². The molecule has 0 bridgehead atoms. The highest BCUT2D eigenvalue weighted by Crippen LogP contribution is 2.16. The molecule has 1 aromatic carbocycles. The molecule has 22 heavy (non-hydrogen) atoms. The van der Waals surface area contributed by atoms with Crippen LogP contribution in [0.5, 0.6) is 0 Å². The van der Waals surface area contributed by atoms with E-state index in [0.717, 1.165) is 29.7 Å². The lowest BCUT2D eigenvalue weighted by Crippen LogP contribution is -2.19. The normalized spacial score (nSPS) is 10.3. The predicted molar refractivity (Wildman–Crippen MR) is 94.5 cm³/mol. The Labute approximate surface area is 139 Å². The van der Waals surface area contributed by atoms with Gasteiger partial charge >= 0.3 is 0 Å². The fourth-order valence-corrected chi connectivity index (χ4v) is 2.43. The van der Waals surface area contributed by atoms with Crippen LogP contribution in [-0.4, -0.2) is 24.5 Å². The number of halogens is 1. The van der Waals surface area contributed by atoms with Crippen LogP contribution >= 0.6 is 15.9 Å². The SMILES string of the molecule is CCCCN(C)c1ccc(NC(=O)c2cccc(Br)c2)cn1. The molecule has 0 saturated heterocycles. The van der Waals surface area contributed by atoms with Crippen LogP contribution in [0.3, 0.4) is 0 Å². The molecule has 0 aliphatic rings. The average molecular weight is 362 g/mol. The lowest BCUT2D eigenvalue weighted by atomic mass is 10.2. The van der Waals surface area contributed by atoms with Crippen LogP contribution in [0.4, 0.5) is 11.5 Å². The number of amides is 1. The predicted octanol–water partition coefficient (Wildman–Crippen LogP) is 4.33. The zero-order chi connectivity index (χ0) is 15.9. The minimum Gasteiger partial charge on any atom is -0.360 e. The van der Waals surface area contributed by atoms with Crippen LogP contribution in [0, 0.1) is 0 Å². The minimum atomic E-state index is -0.143. The Bertz CT molecular complexity index is 628. The summed E-state index contributed by atoms with van der Waals surface area (Å²) >= 11 is 3.36. The molecular formula is C17H20BrN3O. The maximum atomic E-state index is 12.2. The van der Waals surface area contributed by atoms with Gasteiger partial charge in [0.15, 0.2) is 0 Å². The summed E-state index contributed by atoms with van der Waals surface area (Å²) in [5.41, 5.74) is 1.30. The van der Waals surface area contributed by atoms with Gasteiger partial charge in [-0.3, -0.25) is 4.79 Å². The topological polar surface area (TPSA) is 45.2 Å². The van der Waals surface area contributed by atoms with Gasteiger partial charge in [0, 0.05) is 23.6 Å². The molecule has 1 N–H and O–H groups in total. The second kappa shape index (κ2) is 7.94. The number of carbonyl (C=O) groups excluding carboxylic acids is 1.